The summed E-state index contributed by atoms with van der Waals surface area (Å²) in [5.74, 6) is -0.0667. The third-order valence-electron chi connectivity index (χ3n) is 3.96. The van der Waals surface area contributed by atoms with E-state index in [1.54, 1.807) is 0 Å². The van der Waals surface area contributed by atoms with E-state index in [1.165, 1.54) is 0 Å². The molecule has 1 saturated carbocycles. The molecule has 1 atom stereocenters. The molecule has 4 nitrogen and oxygen atoms in total. The molecule has 1 unspecified atom stereocenters. The predicted octanol–water partition coefficient (Wildman–Crippen LogP) is 1.31. The van der Waals surface area contributed by atoms with E-state index in [4.69, 9.17) is 11.6 Å². The second kappa shape index (κ2) is 6.93. The van der Waals surface area contributed by atoms with Crippen LogP contribution in [0.5, 0.6) is 0 Å². The number of quaternary nitrogens is 1. The van der Waals surface area contributed by atoms with Gasteiger partial charge < -0.3 is 10.2 Å². The number of nitriles is 1. The Bertz CT molecular complexity index is 547. The number of carbonyl (C=O) groups excluding carboxylic acids is 1. The molecule has 1 aliphatic carbocycles. The summed E-state index contributed by atoms with van der Waals surface area (Å²) in [5, 5.41) is 12.9. The molecule has 0 radical (unpaired) electrons. The second-order valence-electron chi connectivity index (χ2n) is 5.85. The molecule has 1 aliphatic rings. The maximum absolute atomic E-state index is 12.1. The molecule has 0 aliphatic heterocycles. The molecule has 0 bridgehead atoms. The third-order valence-corrected chi connectivity index (χ3v) is 4.33. The average molecular weight is 307 g/mol. The minimum atomic E-state index is -0.637. The van der Waals surface area contributed by atoms with E-state index in [0.717, 1.165) is 41.2 Å². The molecular formula is C16H21ClN3O+. The van der Waals surface area contributed by atoms with E-state index >= 15 is 0 Å². The summed E-state index contributed by atoms with van der Waals surface area (Å²) in [6.07, 6.45) is 3.55. The van der Waals surface area contributed by atoms with Crippen molar-refractivity contribution in [1.29, 1.82) is 5.26 Å². The van der Waals surface area contributed by atoms with Gasteiger partial charge >= 0.3 is 0 Å². The lowest BCUT2D eigenvalue weighted by Crippen LogP contribution is -3.09. The number of hydrogen-bond donors (Lipinski definition) is 2. The molecule has 0 saturated heterocycles. The molecule has 2 rings (SSSR count). The first-order chi connectivity index (χ1) is 10.0. The van der Waals surface area contributed by atoms with Crippen LogP contribution in [0.2, 0.25) is 5.02 Å². The zero-order chi connectivity index (χ0) is 15.3. The van der Waals surface area contributed by atoms with E-state index in [9.17, 15) is 10.1 Å². The lowest BCUT2D eigenvalue weighted by atomic mass is 10.00. The highest BCUT2D eigenvalue weighted by Crippen LogP contribution is 2.28. The highest BCUT2D eigenvalue weighted by Gasteiger charge is 2.35. The first-order valence-corrected chi connectivity index (χ1v) is 7.69. The standard InChI is InChI=1S/C16H20ClN3O/c1-20(10-13-6-2-3-7-14(13)17)11-15(21)19-16(12-18)8-4-5-9-16/h2-3,6-7H,4-5,8-11H2,1H3,(H,19,21)/p+1. The number of halogens is 1. The van der Waals surface area contributed by atoms with Crippen molar-refractivity contribution in [1.82, 2.24) is 5.32 Å². The summed E-state index contributed by atoms with van der Waals surface area (Å²) >= 11 is 6.13. The Morgan fingerprint density at radius 3 is 2.71 bits per heavy atom. The van der Waals surface area contributed by atoms with Gasteiger partial charge in [-0.1, -0.05) is 29.8 Å². The van der Waals surface area contributed by atoms with Crippen LogP contribution >= 0.6 is 11.6 Å². The number of rotatable bonds is 5. The molecule has 5 heteroatoms. The molecule has 0 spiro atoms. The maximum Gasteiger partial charge on any atom is 0.276 e. The fraction of sp³-hybridized carbons (Fsp3) is 0.500. The lowest BCUT2D eigenvalue weighted by Gasteiger charge is -2.23. The van der Waals surface area contributed by atoms with Gasteiger partial charge in [0.15, 0.2) is 6.54 Å². The molecule has 1 amide bonds. The average Bonchev–Trinajstić information content (AvgIpc) is 2.90. The normalized spacial score (nSPS) is 18.0. The summed E-state index contributed by atoms with van der Waals surface area (Å²) < 4.78 is 0. The molecular weight excluding hydrogens is 286 g/mol. The summed E-state index contributed by atoms with van der Waals surface area (Å²) in [6.45, 7) is 1.03. The van der Waals surface area contributed by atoms with Crippen LogP contribution in [0.4, 0.5) is 0 Å². The van der Waals surface area contributed by atoms with Crippen molar-refractivity contribution in [2.75, 3.05) is 13.6 Å². The van der Waals surface area contributed by atoms with Crippen LogP contribution in [-0.2, 0) is 11.3 Å². The minimum absolute atomic E-state index is 0.0667. The van der Waals surface area contributed by atoms with Crippen LogP contribution in [0.3, 0.4) is 0 Å². The van der Waals surface area contributed by atoms with Crippen LogP contribution in [0.1, 0.15) is 31.2 Å². The molecule has 0 heterocycles. The summed E-state index contributed by atoms with van der Waals surface area (Å²) in [5.41, 5.74) is 0.391. The number of nitrogens with zero attached hydrogens (tertiary/aromatic N) is 1. The van der Waals surface area contributed by atoms with Gasteiger partial charge in [-0.2, -0.15) is 5.26 Å². The van der Waals surface area contributed by atoms with Crippen molar-refractivity contribution in [2.24, 2.45) is 0 Å². The third kappa shape index (κ3) is 4.20. The Hall–Kier alpha value is -1.57. The highest BCUT2D eigenvalue weighted by molar-refractivity contribution is 6.31. The Kier molecular flexibility index (Phi) is 5.22. The van der Waals surface area contributed by atoms with Crippen LogP contribution in [0.15, 0.2) is 24.3 Å². The van der Waals surface area contributed by atoms with Gasteiger partial charge in [-0.25, -0.2) is 0 Å². The largest absolute Gasteiger partial charge is 0.333 e. The predicted molar refractivity (Wildman–Crippen MR) is 81.9 cm³/mol. The Morgan fingerprint density at radius 2 is 2.10 bits per heavy atom. The zero-order valence-corrected chi connectivity index (χ0v) is 13.0. The van der Waals surface area contributed by atoms with E-state index in [0.29, 0.717) is 13.1 Å². The second-order valence-corrected chi connectivity index (χ2v) is 6.26. The Morgan fingerprint density at radius 1 is 1.43 bits per heavy atom. The molecule has 2 N–H and O–H groups in total. The molecule has 0 aromatic heterocycles. The van der Waals surface area contributed by atoms with E-state index in [2.05, 4.69) is 11.4 Å². The van der Waals surface area contributed by atoms with Gasteiger partial charge in [-0.3, -0.25) is 4.79 Å². The first kappa shape index (κ1) is 15.8. The fourth-order valence-electron chi connectivity index (χ4n) is 2.86. The maximum atomic E-state index is 12.1. The summed E-state index contributed by atoms with van der Waals surface area (Å²) in [4.78, 5) is 13.2. The smallest absolute Gasteiger partial charge is 0.276 e. The van der Waals surface area contributed by atoms with Crippen LogP contribution in [0, 0.1) is 11.3 Å². The Labute approximate surface area is 130 Å². The summed E-state index contributed by atoms with van der Waals surface area (Å²) in [6, 6.07) is 9.94. The number of amides is 1. The van der Waals surface area contributed by atoms with Gasteiger partial charge in [0.2, 0.25) is 0 Å². The SMILES string of the molecule is C[NH+](CC(=O)NC1(C#N)CCCC1)Cc1ccccc1Cl. The number of likely N-dealkylation sites (N-methyl/N-ethyl adjacent to an activating group) is 1. The molecule has 112 valence electrons. The minimum Gasteiger partial charge on any atom is -0.333 e. The van der Waals surface area contributed by atoms with E-state index in [1.807, 2.05) is 31.3 Å². The Balaban J connectivity index is 1.88. The van der Waals surface area contributed by atoms with Crippen LogP contribution < -0.4 is 10.2 Å². The molecule has 1 aromatic rings. The van der Waals surface area contributed by atoms with Crippen molar-refractivity contribution >= 4 is 17.5 Å². The van der Waals surface area contributed by atoms with Crippen molar-refractivity contribution in [3.05, 3.63) is 34.9 Å². The number of carbonyl (C=O) groups is 1. The van der Waals surface area contributed by atoms with Gasteiger partial charge in [-0.05, 0) is 31.7 Å². The van der Waals surface area contributed by atoms with Gasteiger partial charge in [0.05, 0.1) is 13.1 Å². The molecule has 21 heavy (non-hydrogen) atoms. The zero-order valence-electron chi connectivity index (χ0n) is 12.3. The van der Waals surface area contributed by atoms with Crippen LogP contribution in [-0.4, -0.2) is 25.0 Å². The number of nitrogens with one attached hydrogen (secondary N) is 2. The van der Waals surface area contributed by atoms with Crippen molar-refractivity contribution < 1.29 is 9.69 Å². The van der Waals surface area contributed by atoms with Gasteiger partial charge in [0, 0.05) is 10.6 Å². The number of hydrogen-bond acceptors (Lipinski definition) is 2. The van der Waals surface area contributed by atoms with Gasteiger partial charge in [0.25, 0.3) is 5.91 Å². The van der Waals surface area contributed by atoms with Crippen LogP contribution in [0.25, 0.3) is 0 Å². The molecule has 1 aromatic carbocycles. The topological polar surface area (TPSA) is 57.3 Å². The van der Waals surface area contributed by atoms with Crippen molar-refractivity contribution in [3.8, 4) is 6.07 Å². The lowest BCUT2D eigenvalue weighted by molar-refractivity contribution is -0.885. The van der Waals surface area contributed by atoms with Gasteiger partial charge in [-0.15, -0.1) is 0 Å². The highest BCUT2D eigenvalue weighted by atomic mass is 35.5. The van der Waals surface area contributed by atoms with Gasteiger partial charge in [0.1, 0.15) is 12.1 Å². The molecule has 1 fully saturated rings. The van der Waals surface area contributed by atoms with E-state index in [-0.39, 0.29) is 5.91 Å². The number of benzene rings is 1. The quantitative estimate of drug-likeness (QED) is 0.862. The van der Waals surface area contributed by atoms with Crippen molar-refractivity contribution in [3.63, 3.8) is 0 Å². The van der Waals surface area contributed by atoms with E-state index < -0.39 is 5.54 Å². The monoisotopic (exact) mass is 306 g/mol. The summed E-state index contributed by atoms with van der Waals surface area (Å²) in [7, 11) is 1.95. The van der Waals surface area contributed by atoms with Crippen molar-refractivity contribution in [2.45, 2.75) is 37.8 Å². The first-order valence-electron chi connectivity index (χ1n) is 7.32. The fourth-order valence-corrected chi connectivity index (χ4v) is 3.06.